The largest absolute Gasteiger partial charge is 0.406 e. The van der Waals surface area contributed by atoms with Gasteiger partial charge in [0, 0.05) is 22.6 Å². The molecule has 0 saturated heterocycles. The summed E-state index contributed by atoms with van der Waals surface area (Å²) in [6.45, 7) is 0. The zero-order chi connectivity index (χ0) is 23.6. The summed E-state index contributed by atoms with van der Waals surface area (Å²) in [5.41, 5.74) is 0. The molecule has 0 aromatic carbocycles. The van der Waals surface area contributed by atoms with Crippen molar-refractivity contribution in [3.05, 3.63) is 0 Å². The number of halogens is 19. The number of hydrogen-bond acceptors (Lipinski definition) is 0. The van der Waals surface area contributed by atoms with Crippen LogP contribution in [0.1, 0.15) is 0 Å². The van der Waals surface area contributed by atoms with Crippen molar-refractivity contribution >= 4 is 45.2 Å². The molecule has 28 heavy (non-hydrogen) atoms. The molecule has 1 unspecified atom stereocenters. The Morgan fingerprint density at radius 1 is 0.429 bits per heavy atom. The summed E-state index contributed by atoms with van der Waals surface area (Å²) in [5, 5.41) is 0. The third kappa shape index (κ3) is 3.82. The molecule has 0 rings (SSSR count). The summed E-state index contributed by atoms with van der Waals surface area (Å²) in [6.07, 6.45) is -6.49. The van der Waals surface area contributed by atoms with Crippen LogP contribution in [0.2, 0.25) is 0 Å². The second kappa shape index (κ2) is 7.16. The molecule has 0 saturated carbocycles. The molecule has 0 aliphatic carbocycles. The molecular weight excluding hydrogens is 685 g/mol. The molecule has 0 heterocycles. The monoisotopic (exact) mass is 686 g/mol. The van der Waals surface area contributed by atoms with Crippen molar-refractivity contribution in [3.63, 3.8) is 0 Å². The van der Waals surface area contributed by atoms with Crippen LogP contribution in [0.5, 0.6) is 0 Å². The molecule has 0 nitrogen and oxygen atoms in total. The summed E-state index contributed by atoms with van der Waals surface area (Å²) in [4.78, 5) is 0. The average molecular weight is 686 g/mol. The number of hydrogen-bond donors (Lipinski definition) is 0. The van der Waals surface area contributed by atoms with Gasteiger partial charge in [-0.25, -0.2) is 0 Å². The van der Waals surface area contributed by atoms with Crippen LogP contribution in [-0.2, 0) is 0 Å². The first-order valence-corrected chi connectivity index (χ1v) is 8.02. The van der Waals surface area contributed by atoms with Gasteiger partial charge in [0.2, 0.25) is 0 Å². The molecular formula is C9HF17I2. The minimum atomic E-state index is -8.37. The standard InChI is InChI=1S/C9HF17I2/c10-2(11,1(27)3(12,13)14)4(15,16)5(17,18)6(19,20)7(21,22)8(23,24)9(25,26)28/h1H. The molecule has 170 valence electrons. The lowest BCUT2D eigenvalue weighted by atomic mass is 9.90. The summed E-state index contributed by atoms with van der Waals surface area (Å²) in [6, 6.07) is 0. The molecule has 0 aromatic heterocycles. The fourth-order valence-electron chi connectivity index (χ4n) is 1.34. The van der Waals surface area contributed by atoms with Crippen LogP contribution in [0.25, 0.3) is 0 Å². The summed E-state index contributed by atoms with van der Waals surface area (Å²) in [7, 11) is 0. The summed E-state index contributed by atoms with van der Waals surface area (Å²) >= 11 is -1.61. The van der Waals surface area contributed by atoms with Gasteiger partial charge in [-0.3, -0.25) is 0 Å². The Bertz CT molecular complexity index is 570. The average Bonchev–Trinajstić information content (AvgIpc) is 2.42. The highest BCUT2D eigenvalue weighted by Crippen LogP contribution is 2.64. The summed E-state index contributed by atoms with van der Waals surface area (Å²) in [5.74, 6) is -47.7. The third-order valence-electron chi connectivity index (χ3n) is 2.96. The van der Waals surface area contributed by atoms with Crippen molar-refractivity contribution < 1.29 is 74.6 Å². The van der Waals surface area contributed by atoms with Gasteiger partial charge in [0.05, 0.1) is 0 Å². The molecule has 0 fully saturated rings. The lowest BCUT2D eigenvalue weighted by Gasteiger charge is -2.42. The quantitative estimate of drug-likeness (QED) is 0.151. The smallest absolute Gasteiger partial charge is 0.198 e. The van der Waals surface area contributed by atoms with Crippen molar-refractivity contribution in [2.45, 2.75) is 49.6 Å². The molecule has 0 aliphatic rings. The first-order chi connectivity index (χ1) is 11.7. The van der Waals surface area contributed by atoms with Gasteiger partial charge in [-0.05, 0) is 0 Å². The minimum absolute atomic E-state index is 0.656. The van der Waals surface area contributed by atoms with Gasteiger partial charge in [0.15, 0.2) is 3.92 Å². The Morgan fingerprint density at radius 2 is 0.679 bits per heavy atom. The van der Waals surface area contributed by atoms with Gasteiger partial charge < -0.3 is 0 Å². The van der Waals surface area contributed by atoms with E-state index in [9.17, 15) is 74.6 Å². The zero-order valence-electron chi connectivity index (χ0n) is 11.8. The van der Waals surface area contributed by atoms with Crippen molar-refractivity contribution in [2.24, 2.45) is 0 Å². The molecule has 0 aromatic rings. The Labute approximate surface area is 169 Å². The van der Waals surface area contributed by atoms with E-state index in [2.05, 4.69) is 0 Å². The molecule has 0 radical (unpaired) electrons. The van der Waals surface area contributed by atoms with Crippen LogP contribution in [-0.4, -0.2) is 49.6 Å². The van der Waals surface area contributed by atoms with Gasteiger partial charge in [-0.15, -0.1) is 0 Å². The minimum Gasteiger partial charge on any atom is -0.198 e. The van der Waals surface area contributed by atoms with Crippen LogP contribution in [0.3, 0.4) is 0 Å². The molecule has 0 N–H and O–H groups in total. The van der Waals surface area contributed by atoms with Crippen LogP contribution < -0.4 is 0 Å². The van der Waals surface area contributed by atoms with Crippen molar-refractivity contribution in [2.75, 3.05) is 0 Å². The first kappa shape index (κ1) is 28.3. The molecule has 19 heteroatoms. The van der Waals surface area contributed by atoms with Gasteiger partial charge in [0.25, 0.3) is 0 Å². The second-order valence-corrected chi connectivity index (χ2v) is 7.50. The Balaban J connectivity index is 6.64. The zero-order valence-corrected chi connectivity index (χ0v) is 16.1. The second-order valence-electron chi connectivity index (χ2n) is 4.90. The Morgan fingerprint density at radius 3 is 0.929 bits per heavy atom. The molecule has 0 bridgehead atoms. The van der Waals surface area contributed by atoms with Crippen LogP contribution >= 0.6 is 45.2 Å². The van der Waals surface area contributed by atoms with E-state index in [1.54, 1.807) is 0 Å². The van der Waals surface area contributed by atoms with E-state index in [0.717, 1.165) is 0 Å². The maximum absolute atomic E-state index is 13.2. The first-order valence-electron chi connectivity index (χ1n) is 5.70. The highest BCUT2D eigenvalue weighted by Gasteiger charge is 2.93. The van der Waals surface area contributed by atoms with E-state index in [0.29, 0.717) is 0 Å². The highest BCUT2D eigenvalue weighted by atomic mass is 127. The Kier molecular flexibility index (Phi) is 7.23. The lowest BCUT2D eigenvalue weighted by molar-refractivity contribution is -0.435. The van der Waals surface area contributed by atoms with Gasteiger partial charge in [0.1, 0.15) is 0 Å². The van der Waals surface area contributed by atoms with Gasteiger partial charge in [-0.2, -0.15) is 74.6 Å². The fraction of sp³-hybridized carbons (Fsp3) is 1.00. The number of alkyl halides is 19. The van der Waals surface area contributed by atoms with Crippen LogP contribution in [0.15, 0.2) is 0 Å². The molecule has 0 spiro atoms. The van der Waals surface area contributed by atoms with Gasteiger partial charge in [-0.1, -0.05) is 22.6 Å². The predicted molar refractivity (Wildman–Crippen MR) is 72.5 cm³/mol. The lowest BCUT2D eigenvalue weighted by Crippen LogP contribution is -2.73. The molecule has 0 amide bonds. The highest BCUT2D eigenvalue weighted by molar-refractivity contribution is 14.1. The fourth-order valence-corrected chi connectivity index (χ4v) is 2.07. The number of rotatable bonds is 7. The van der Waals surface area contributed by atoms with Crippen molar-refractivity contribution in [1.82, 2.24) is 0 Å². The van der Waals surface area contributed by atoms with E-state index in [1.165, 1.54) is 0 Å². The topological polar surface area (TPSA) is 0 Å². The maximum atomic E-state index is 13.2. The van der Waals surface area contributed by atoms with E-state index in [-0.39, 0.29) is 0 Å². The van der Waals surface area contributed by atoms with Gasteiger partial charge >= 0.3 is 45.6 Å². The van der Waals surface area contributed by atoms with E-state index < -0.39 is 94.7 Å². The Hall–Kier alpha value is 0.270. The predicted octanol–water partition coefficient (Wildman–Crippen LogP) is 7.19. The van der Waals surface area contributed by atoms with E-state index in [4.69, 9.17) is 0 Å². The van der Waals surface area contributed by atoms with E-state index in [1.807, 2.05) is 0 Å². The normalized spacial score (nSPS) is 17.7. The van der Waals surface area contributed by atoms with Crippen LogP contribution in [0, 0.1) is 0 Å². The van der Waals surface area contributed by atoms with Crippen molar-refractivity contribution in [3.8, 4) is 0 Å². The van der Waals surface area contributed by atoms with Crippen molar-refractivity contribution in [1.29, 1.82) is 0 Å². The maximum Gasteiger partial charge on any atom is 0.406 e. The van der Waals surface area contributed by atoms with E-state index >= 15 is 0 Å². The SMILES string of the molecule is FC(F)(F)C(I)C(F)(F)C(F)(F)C(F)(F)C(F)(F)C(F)(F)C(F)(F)C(F)(F)I. The third-order valence-corrected chi connectivity index (χ3v) is 5.12. The summed E-state index contributed by atoms with van der Waals surface area (Å²) < 4.78 is 207. The van der Waals surface area contributed by atoms with Crippen LogP contribution in [0.4, 0.5) is 74.6 Å². The molecule has 1 atom stereocenters. The molecule has 0 aliphatic heterocycles.